The molecule has 2 atom stereocenters. The van der Waals surface area contributed by atoms with Crippen molar-refractivity contribution in [3.05, 3.63) is 0 Å². The van der Waals surface area contributed by atoms with Crippen LogP contribution in [0.15, 0.2) is 0 Å². The molecule has 1 heterocycles. The van der Waals surface area contributed by atoms with E-state index in [9.17, 15) is 0 Å². The Morgan fingerprint density at radius 1 is 1.46 bits per heavy atom. The molecule has 3 heteroatoms. The third-order valence-corrected chi connectivity index (χ3v) is 4.78. The summed E-state index contributed by atoms with van der Waals surface area (Å²) in [7, 11) is 0. The average Bonchev–Trinajstić information content (AvgIpc) is 2.16. The van der Waals surface area contributed by atoms with Gasteiger partial charge in [-0.2, -0.15) is 11.8 Å². The molecule has 0 aliphatic carbocycles. The van der Waals surface area contributed by atoms with Gasteiger partial charge >= 0.3 is 0 Å². The first-order valence-corrected chi connectivity index (χ1v) is 7.34. The summed E-state index contributed by atoms with van der Waals surface area (Å²) in [6, 6.07) is 1.47. The summed E-state index contributed by atoms with van der Waals surface area (Å²) < 4.78 is 0. The van der Waals surface area contributed by atoms with Crippen molar-refractivity contribution in [2.45, 2.75) is 32.9 Å². The zero-order chi connectivity index (χ0) is 9.84. The van der Waals surface area contributed by atoms with E-state index in [-0.39, 0.29) is 0 Å². The molecule has 13 heavy (non-hydrogen) atoms. The highest BCUT2D eigenvalue weighted by Gasteiger charge is 2.27. The highest BCUT2D eigenvalue weighted by molar-refractivity contribution is 9.09. The normalized spacial score (nSPS) is 27.9. The lowest BCUT2D eigenvalue weighted by Gasteiger charge is -2.40. The number of alkyl halides is 1. The number of nitrogens with zero attached hydrogens (tertiary/aromatic N) is 1. The van der Waals surface area contributed by atoms with Gasteiger partial charge in [0.25, 0.3) is 0 Å². The van der Waals surface area contributed by atoms with Gasteiger partial charge in [0.15, 0.2) is 0 Å². The molecular formula is C10H20BrNS. The fourth-order valence-corrected chi connectivity index (χ4v) is 3.71. The summed E-state index contributed by atoms with van der Waals surface area (Å²) >= 11 is 5.70. The average molecular weight is 266 g/mol. The second kappa shape index (κ2) is 5.62. The van der Waals surface area contributed by atoms with Gasteiger partial charge < -0.3 is 0 Å². The maximum Gasteiger partial charge on any atom is 0.0286 e. The van der Waals surface area contributed by atoms with Crippen molar-refractivity contribution in [1.82, 2.24) is 4.90 Å². The van der Waals surface area contributed by atoms with E-state index in [0.29, 0.717) is 0 Å². The first kappa shape index (κ1) is 11.9. The second-order valence-electron chi connectivity index (χ2n) is 4.11. The Morgan fingerprint density at radius 3 is 2.69 bits per heavy atom. The van der Waals surface area contributed by atoms with Crippen molar-refractivity contribution >= 4 is 27.7 Å². The van der Waals surface area contributed by atoms with Crippen LogP contribution in [-0.4, -0.2) is 40.4 Å². The SMILES string of the molecule is CC(C)C(C)N1CCSCC1CBr. The molecule has 0 spiro atoms. The molecule has 1 aliphatic rings. The van der Waals surface area contributed by atoms with Gasteiger partial charge in [-0.1, -0.05) is 29.8 Å². The minimum absolute atomic E-state index is 0.725. The van der Waals surface area contributed by atoms with E-state index < -0.39 is 0 Å². The van der Waals surface area contributed by atoms with Crippen molar-refractivity contribution in [2.75, 3.05) is 23.4 Å². The summed E-state index contributed by atoms with van der Waals surface area (Å²) in [5, 5.41) is 1.12. The highest BCUT2D eigenvalue weighted by Crippen LogP contribution is 2.23. The van der Waals surface area contributed by atoms with Gasteiger partial charge in [0.2, 0.25) is 0 Å². The van der Waals surface area contributed by atoms with E-state index in [4.69, 9.17) is 0 Å². The molecule has 0 N–H and O–H groups in total. The number of rotatable bonds is 3. The molecule has 1 fully saturated rings. The van der Waals surface area contributed by atoms with Crippen molar-refractivity contribution in [2.24, 2.45) is 5.92 Å². The Kier molecular flexibility index (Phi) is 5.13. The van der Waals surface area contributed by atoms with Crippen molar-refractivity contribution < 1.29 is 0 Å². The third-order valence-electron chi connectivity index (χ3n) is 2.94. The van der Waals surface area contributed by atoms with Gasteiger partial charge in [-0.15, -0.1) is 0 Å². The van der Waals surface area contributed by atoms with E-state index in [2.05, 4.69) is 53.4 Å². The predicted molar refractivity (Wildman–Crippen MR) is 65.9 cm³/mol. The van der Waals surface area contributed by atoms with Crippen LogP contribution in [0, 0.1) is 5.92 Å². The zero-order valence-corrected chi connectivity index (χ0v) is 11.2. The number of thioether (sulfide) groups is 1. The number of hydrogen-bond acceptors (Lipinski definition) is 2. The molecule has 1 rings (SSSR count). The lowest BCUT2D eigenvalue weighted by Crippen LogP contribution is -2.50. The van der Waals surface area contributed by atoms with Crippen LogP contribution < -0.4 is 0 Å². The summed E-state index contributed by atoms with van der Waals surface area (Å²) in [6.45, 7) is 8.26. The minimum atomic E-state index is 0.725. The molecular weight excluding hydrogens is 246 g/mol. The maximum atomic E-state index is 3.61. The molecule has 0 aromatic carbocycles. The largest absolute Gasteiger partial charge is 0.295 e. The minimum Gasteiger partial charge on any atom is -0.295 e. The van der Waals surface area contributed by atoms with Gasteiger partial charge in [0, 0.05) is 35.5 Å². The third kappa shape index (κ3) is 3.14. The molecule has 0 aromatic rings. The molecule has 0 radical (unpaired) electrons. The van der Waals surface area contributed by atoms with Crippen LogP contribution in [0.4, 0.5) is 0 Å². The van der Waals surface area contributed by atoms with Gasteiger partial charge in [-0.05, 0) is 12.8 Å². The molecule has 2 unspecified atom stereocenters. The zero-order valence-electron chi connectivity index (χ0n) is 8.79. The molecule has 1 nitrogen and oxygen atoms in total. The topological polar surface area (TPSA) is 3.24 Å². The van der Waals surface area contributed by atoms with Crippen molar-refractivity contribution in [3.8, 4) is 0 Å². The van der Waals surface area contributed by atoms with Gasteiger partial charge in [0.1, 0.15) is 0 Å². The van der Waals surface area contributed by atoms with Gasteiger partial charge in [-0.25, -0.2) is 0 Å². The van der Waals surface area contributed by atoms with E-state index >= 15 is 0 Å². The molecule has 1 aliphatic heterocycles. The van der Waals surface area contributed by atoms with Crippen LogP contribution in [-0.2, 0) is 0 Å². The first-order valence-electron chi connectivity index (χ1n) is 5.06. The molecule has 0 saturated carbocycles. The monoisotopic (exact) mass is 265 g/mol. The molecule has 1 saturated heterocycles. The van der Waals surface area contributed by atoms with Crippen LogP contribution in [0.1, 0.15) is 20.8 Å². The fourth-order valence-electron chi connectivity index (χ4n) is 1.72. The van der Waals surface area contributed by atoms with Gasteiger partial charge in [0.05, 0.1) is 0 Å². The number of hydrogen-bond donors (Lipinski definition) is 0. The summed E-state index contributed by atoms with van der Waals surface area (Å²) in [5.74, 6) is 3.37. The first-order chi connectivity index (χ1) is 6.16. The lowest BCUT2D eigenvalue weighted by molar-refractivity contribution is 0.140. The number of halogens is 1. The van der Waals surface area contributed by atoms with Gasteiger partial charge in [-0.3, -0.25) is 4.90 Å². The Hall–Kier alpha value is 0.790. The van der Waals surface area contributed by atoms with Crippen LogP contribution >= 0.6 is 27.7 Å². The highest BCUT2D eigenvalue weighted by atomic mass is 79.9. The summed E-state index contributed by atoms with van der Waals surface area (Å²) in [4.78, 5) is 2.66. The fraction of sp³-hybridized carbons (Fsp3) is 1.00. The molecule has 0 bridgehead atoms. The summed E-state index contributed by atoms with van der Waals surface area (Å²) in [6.07, 6.45) is 0. The van der Waals surface area contributed by atoms with Crippen LogP contribution in [0.2, 0.25) is 0 Å². The molecule has 0 amide bonds. The second-order valence-corrected chi connectivity index (χ2v) is 5.90. The van der Waals surface area contributed by atoms with Crippen LogP contribution in [0.3, 0.4) is 0 Å². The Labute approximate surface area is 94.8 Å². The van der Waals surface area contributed by atoms with E-state index in [0.717, 1.165) is 23.3 Å². The smallest absolute Gasteiger partial charge is 0.0286 e. The predicted octanol–water partition coefficient (Wildman–Crippen LogP) is 2.84. The van der Waals surface area contributed by atoms with Crippen LogP contribution in [0.25, 0.3) is 0 Å². The Bertz CT molecular complexity index is 150. The standard InChI is InChI=1S/C10H20BrNS/c1-8(2)9(3)12-4-5-13-7-10(12)6-11/h8-10H,4-7H2,1-3H3. The summed E-state index contributed by atoms with van der Waals surface area (Å²) in [5.41, 5.74) is 0. The molecule has 78 valence electrons. The van der Waals surface area contributed by atoms with Crippen molar-refractivity contribution in [3.63, 3.8) is 0 Å². The molecule has 0 aromatic heterocycles. The lowest BCUT2D eigenvalue weighted by atomic mass is 10.0. The Morgan fingerprint density at radius 2 is 2.15 bits per heavy atom. The van der Waals surface area contributed by atoms with E-state index in [1.165, 1.54) is 18.1 Å². The van der Waals surface area contributed by atoms with E-state index in [1.807, 2.05) is 0 Å². The Balaban J connectivity index is 2.53. The maximum absolute atomic E-state index is 3.61. The van der Waals surface area contributed by atoms with E-state index in [1.54, 1.807) is 0 Å². The van der Waals surface area contributed by atoms with Crippen molar-refractivity contribution in [1.29, 1.82) is 0 Å². The quantitative estimate of drug-likeness (QED) is 0.723. The van der Waals surface area contributed by atoms with Crippen LogP contribution in [0.5, 0.6) is 0 Å².